The Labute approximate surface area is 179 Å². The van der Waals surface area contributed by atoms with Crippen molar-refractivity contribution >= 4 is 33.8 Å². The van der Waals surface area contributed by atoms with Crippen LogP contribution in [0.25, 0.3) is 16.3 Å². The monoisotopic (exact) mass is 404 g/mol. The topological polar surface area (TPSA) is 57.6 Å². The third-order valence-corrected chi connectivity index (χ3v) is 6.63. The van der Waals surface area contributed by atoms with Crippen LogP contribution < -0.4 is 5.32 Å². The van der Waals surface area contributed by atoms with Gasteiger partial charge in [-0.25, -0.2) is 4.98 Å². The van der Waals surface area contributed by atoms with Gasteiger partial charge in [0.05, 0.1) is 6.54 Å². The van der Waals surface area contributed by atoms with Crippen molar-refractivity contribution in [3.63, 3.8) is 0 Å². The lowest BCUT2D eigenvalue weighted by Gasteiger charge is -2.31. The summed E-state index contributed by atoms with van der Waals surface area (Å²) in [7, 11) is 4.24. The van der Waals surface area contributed by atoms with Gasteiger partial charge in [-0.3, -0.25) is 9.79 Å². The molecule has 1 N–H and O–H groups in total. The first-order chi connectivity index (χ1) is 14.4. The lowest BCUT2D eigenvalue weighted by molar-refractivity contribution is -0.121. The number of hydrogen-bond donors (Lipinski definition) is 1. The zero-order valence-electron chi connectivity index (χ0n) is 18.5. The summed E-state index contributed by atoms with van der Waals surface area (Å²) in [4.78, 5) is 24.2. The van der Waals surface area contributed by atoms with Crippen molar-refractivity contribution in [3.05, 3.63) is 41.6 Å². The Morgan fingerprint density at radius 2 is 1.87 bits per heavy atom. The minimum Gasteiger partial charge on any atom is -0.310 e. The van der Waals surface area contributed by atoms with E-state index in [2.05, 4.69) is 66.3 Å². The summed E-state index contributed by atoms with van der Waals surface area (Å²) in [5, 5.41) is 5.31. The molecule has 4 rings (SSSR count). The molecule has 1 aliphatic carbocycles. The molecule has 0 bridgehead atoms. The Morgan fingerprint density at radius 1 is 1.10 bits per heavy atom. The normalized spacial score (nSPS) is 22.0. The number of allylic oxidation sites excluding steroid dienone is 1. The van der Waals surface area contributed by atoms with Crippen molar-refractivity contribution in [1.29, 1.82) is 0 Å². The van der Waals surface area contributed by atoms with Crippen LogP contribution >= 0.6 is 0 Å². The highest BCUT2D eigenvalue weighted by Crippen LogP contribution is 2.30. The van der Waals surface area contributed by atoms with E-state index in [4.69, 9.17) is 0 Å². The van der Waals surface area contributed by atoms with Gasteiger partial charge in [-0.2, -0.15) is 0 Å². The number of rotatable bonds is 4. The van der Waals surface area contributed by atoms with Gasteiger partial charge in [0.15, 0.2) is 0 Å². The number of aliphatic imine (C=N–C) groups is 1. The van der Waals surface area contributed by atoms with Crippen LogP contribution in [0.1, 0.15) is 50.2 Å². The van der Waals surface area contributed by atoms with E-state index < -0.39 is 0 Å². The van der Waals surface area contributed by atoms with Crippen LogP contribution in [0.4, 0.5) is 5.82 Å². The van der Waals surface area contributed by atoms with Crippen LogP contribution in [0.2, 0.25) is 0 Å². The number of aromatic nitrogens is 1. The summed E-state index contributed by atoms with van der Waals surface area (Å²) < 4.78 is 0. The molecule has 5 nitrogen and oxygen atoms in total. The molecule has 158 valence electrons. The lowest BCUT2D eigenvalue weighted by atomic mass is 9.85. The average molecular weight is 405 g/mol. The summed E-state index contributed by atoms with van der Waals surface area (Å²) in [6.07, 6.45) is 9.12. The fourth-order valence-corrected chi connectivity index (χ4v) is 4.61. The van der Waals surface area contributed by atoms with E-state index in [-0.39, 0.29) is 11.8 Å². The molecule has 2 aromatic rings. The number of aryl methyl sites for hydroxylation is 1. The number of nitrogens with one attached hydrogen (secondary N) is 1. The Hall–Kier alpha value is -2.53. The lowest BCUT2D eigenvalue weighted by Crippen LogP contribution is -2.35. The Balaban J connectivity index is 1.51. The number of nitrogens with zero attached hydrogens (tertiary/aromatic N) is 3. The van der Waals surface area contributed by atoms with Crippen molar-refractivity contribution in [2.75, 3.05) is 26.0 Å². The van der Waals surface area contributed by atoms with E-state index in [1.165, 1.54) is 22.4 Å². The second kappa shape index (κ2) is 8.68. The third kappa shape index (κ3) is 4.46. The van der Waals surface area contributed by atoms with Crippen LogP contribution in [0.15, 0.2) is 35.5 Å². The molecule has 2 aliphatic rings. The first kappa shape index (κ1) is 20.7. The molecular weight excluding hydrogens is 372 g/mol. The molecule has 0 unspecified atom stereocenters. The van der Waals surface area contributed by atoms with E-state index in [0.29, 0.717) is 11.9 Å². The highest BCUT2D eigenvalue weighted by Gasteiger charge is 2.27. The van der Waals surface area contributed by atoms with Crippen molar-refractivity contribution < 1.29 is 4.79 Å². The summed E-state index contributed by atoms with van der Waals surface area (Å²) in [5.41, 5.74) is 4.86. The Morgan fingerprint density at radius 3 is 2.53 bits per heavy atom. The van der Waals surface area contributed by atoms with Crippen molar-refractivity contribution in [1.82, 2.24) is 9.88 Å². The van der Waals surface area contributed by atoms with Crippen LogP contribution in [0, 0.1) is 12.8 Å². The molecule has 1 aromatic heterocycles. The summed E-state index contributed by atoms with van der Waals surface area (Å²) in [5.74, 6) is 0.831. The van der Waals surface area contributed by atoms with Crippen LogP contribution in [0.3, 0.4) is 0 Å². The second-order valence-electron chi connectivity index (χ2n) is 9.03. The number of carbonyl (C=O) groups excluding carboxylic acids is 1. The fourth-order valence-electron chi connectivity index (χ4n) is 4.61. The smallest absolute Gasteiger partial charge is 0.228 e. The van der Waals surface area contributed by atoms with Crippen molar-refractivity contribution in [3.8, 4) is 0 Å². The number of dihydropyridines is 1. The minimum atomic E-state index is 0.0836. The fraction of sp³-hybridized carbons (Fsp3) is 0.480. The SMILES string of the molecule is CC1=NCC(c2cc(C)c3cnc(NC(=O)C4CCC(N(C)C)CC4)cc3c2)=CC1. The molecule has 5 heteroatoms. The molecule has 1 fully saturated rings. The van der Waals surface area contributed by atoms with Gasteiger partial charge in [0.2, 0.25) is 5.91 Å². The first-order valence-electron chi connectivity index (χ1n) is 11.0. The van der Waals surface area contributed by atoms with Crippen LogP contribution in [-0.4, -0.2) is 48.2 Å². The standard InChI is InChI=1S/C25H32N4O/c1-16-11-20(19-6-5-17(2)26-14-19)12-21-13-24(27-15-23(16)21)28-25(30)18-7-9-22(10-8-18)29(3)4/h6,11-13,15,18,22H,5,7-10,14H2,1-4H3,(H,27,28,30). The summed E-state index contributed by atoms with van der Waals surface area (Å²) >= 11 is 0. The molecule has 1 amide bonds. The quantitative estimate of drug-likeness (QED) is 0.792. The molecule has 1 saturated carbocycles. The molecular formula is C25H32N4O. The highest BCUT2D eigenvalue weighted by molar-refractivity contribution is 5.96. The van der Waals surface area contributed by atoms with Gasteiger partial charge in [-0.1, -0.05) is 12.1 Å². The number of hydrogen-bond acceptors (Lipinski definition) is 4. The molecule has 0 atom stereocenters. The second-order valence-corrected chi connectivity index (χ2v) is 9.03. The Bertz CT molecular complexity index is 1010. The highest BCUT2D eigenvalue weighted by atomic mass is 16.1. The van der Waals surface area contributed by atoms with E-state index in [1.54, 1.807) is 0 Å². The Kier molecular flexibility index (Phi) is 6.00. The van der Waals surface area contributed by atoms with Crippen molar-refractivity contribution in [2.24, 2.45) is 10.9 Å². The summed E-state index contributed by atoms with van der Waals surface area (Å²) in [6.45, 7) is 4.93. The van der Waals surface area contributed by atoms with Gasteiger partial charge in [0, 0.05) is 35.7 Å². The predicted molar refractivity (Wildman–Crippen MR) is 125 cm³/mol. The van der Waals surface area contributed by atoms with E-state index >= 15 is 0 Å². The number of pyridine rings is 1. The van der Waals surface area contributed by atoms with E-state index in [9.17, 15) is 4.79 Å². The number of anilines is 1. The van der Waals surface area contributed by atoms with Gasteiger partial charge in [-0.05, 0) is 87.8 Å². The molecule has 1 aromatic carbocycles. The van der Waals surface area contributed by atoms with E-state index in [0.717, 1.165) is 49.4 Å². The zero-order chi connectivity index (χ0) is 21.3. The number of carbonyl (C=O) groups is 1. The first-order valence-corrected chi connectivity index (χ1v) is 11.0. The largest absolute Gasteiger partial charge is 0.310 e. The third-order valence-electron chi connectivity index (χ3n) is 6.63. The molecule has 0 radical (unpaired) electrons. The van der Waals surface area contributed by atoms with Gasteiger partial charge in [-0.15, -0.1) is 0 Å². The van der Waals surface area contributed by atoms with Gasteiger partial charge in [0.1, 0.15) is 5.82 Å². The van der Waals surface area contributed by atoms with E-state index in [1.807, 2.05) is 12.3 Å². The number of benzene rings is 1. The maximum Gasteiger partial charge on any atom is 0.228 e. The molecule has 2 heterocycles. The van der Waals surface area contributed by atoms with Crippen LogP contribution in [-0.2, 0) is 4.79 Å². The predicted octanol–water partition coefficient (Wildman–Crippen LogP) is 4.85. The van der Waals surface area contributed by atoms with Gasteiger partial charge in [0.25, 0.3) is 0 Å². The number of amides is 1. The maximum atomic E-state index is 12.8. The minimum absolute atomic E-state index is 0.0836. The summed E-state index contributed by atoms with van der Waals surface area (Å²) in [6, 6.07) is 7.02. The average Bonchev–Trinajstić information content (AvgIpc) is 2.74. The zero-order valence-corrected chi connectivity index (χ0v) is 18.5. The molecule has 30 heavy (non-hydrogen) atoms. The molecule has 0 spiro atoms. The number of fused-ring (bicyclic) bond motifs is 1. The van der Waals surface area contributed by atoms with Gasteiger partial charge >= 0.3 is 0 Å². The molecule has 1 aliphatic heterocycles. The maximum absolute atomic E-state index is 12.8. The molecule has 0 saturated heterocycles. The van der Waals surface area contributed by atoms with Gasteiger partial charge < -0.3 is 10.2 Å². The van der Waals surface area contributed by atoms with Crippen molar-refractivity contribution in [2.45, 2.75) is 52.0 Å². The van der Waals surface area contributed by atoms with Crippen LogP contribution in [0.5, 0.6) is 0 Å².